The molecule has 4 aromatic rings. The number of nitro groups is 1. The number of non-ortho nitro benzene ring substituents is 1. The van der Waals surface area contributed by atoms with E-state index in [4.69, 9.17) is 4.74 Å². The monoisotopic (exact) mass is 571 g/mol. The van der Waals surface area contributed by atoms with Crippen LogP contribution in [0.3, 0.4) is 0 Å². The number of nitro benzene ring substituents is 1. The standard InChI is InChI=1S/C34H25N3O6/c1-43-24-12-7-10-22(19-24)31(39)29-28(30(38)21-9-6-11-23(18-21)37(41)42)34(26-14-4-5-15-27(26)35-33(34)40)32-25-13-3-2-8-20(25)16-17-36(29)32/h2-19,28-29,32H,1H3,(H,35,40)/t28-,29-,32-,34+/m1/s1. The molecule has 212 valence electrons. The number of anilines is 1. The van der Waals surface area contributed by atoms with Gasteiger partial charge >= 0.3 is 0 Å². The number of para-hydroxylation sites is 1. The molecule has 1 amide bonds. The number of nitrogens with zero attached hydrogens (tertiary/aromatic N) is 2. The number of carbonyl (C=O) groups excluding carboxylic acids is 3. The Morgan fingerprint density at radius 2 is 1.63 bits per heavy atom. The first kappa shape index (κ1) is 26.3. The Hall–Kier alpha value is -5.57. The van der Waals surface area contributed by atoms with Gasteiger partial charge in [0, 0.05) is 35.1 Å². The fourth-order valence-corrected chi connectivity index (χ4v) is 7.07. The predicted molar refractivity (Wildman–Crippen MR) is 159 cm³/mol. The van der Waals surface area contributed by atoms with Crippen LogP contribution in [-0.2, 0) is 10.2 Å². The predicted octanol–water partition coefficient (Wildman–Crippen LogP) is 5.59. The van der Waals surface area contributed by atoms with Crippen LogP contribution in [-0.4, -0.2) is 40.4 Å². The fourth-order valence-electron chi connectivity index (χ4n) is 7.07. The lowest BCUT2D eigenvalue weighted by Gasteiger charge is -2.38. The first-order valence-electron chi connectivity index (χ1n) is 13.8. The molecule has 43 heavy (non-hydrogen) atoms. The van der Waals surface area contributed by atoms with Gasteiger partial charge in [-0.15, -0.1) is 0 Å². The molecule has 0 aliphatic carbocycles. The van der Waals surface area contributed by atoms with Gasteiger partial charge in [0.05, 0.1) is 24.0 Å². The summed E-state index contributed by atoms with van der Waals surface area (Å²) in [7, 11) is 1.50. The van der Waals surface area contributed by atoms with E-state index in [0.29, 0.717) is 22.6 Å². The van der Waals surface area contributed by atoms with Crippen LogP contribution in [0, 0.1) is 16.0 Å². The highest BCUT2D eigenvalue weighted by Crippen LogP contribution is 2.62. The number of methoxy groups -OCH3 is 1. The summed E-state index contributed by atoms with van der Waals surface area (Å²) in [5, 5.41) is 14.7. The van der Waals surface area contributed by atoms with Crippen molar-refractivity contribution in [2.75, 3.05) is 12.4 Å². The van der Waals surface area contributed by atoms with Crippen molar-refractivity contribution in [2.45, 2.75) is 17.5 Å². The van der Waals surface area contributed by atoms with E-state index in [0.717, 1.165) is 11.1 Å². The van der Waals surface area contributed by atoms with Gasteiger partial charge in [-0.3, -0.25) is 24.5 Å². The largest absolute Gasteiger partial charge is 0.497 e. The molecule has 9 nitrogen and oxygen atoms in total. The number of carbonyl (C=O) groups is 3. The van der Waals surface area contributed by atoms with Crippen molar-refractivity contribution in [3.05, 3.63) is 141 Å². The zero-order chi connectivity index (χ0) is 29.9. The third kappa shape index (κ3) is 3.74. The van der Waals surface area contributed by atoms with Gasteiger partial charge in [-0.25, -0.2) is 0 Å². The maximum atomic E-state index is 14.8. The minimum Gasteiger partial charge on any atom is -0.497 e. The summed E-state index contributed by atoms with van der Waals surface area (Å²) in [6.45, 7) is 0. The van der Waals surface area contributed by atoms with E-state index in [2.05, 4.69) is 5.32 Å². The van der Waals surface area contributed by atoms with Crippen molar-refractivity contribution < 1.29 is 24.0 Å². The Morgan fingerprint density at radius 3 is 2.42 bits per heavy atom. The molecule has 3 heterocycles. The van der Waals surface area contributed by atoms with E-state index in [9.17, 15) is 24.5 Å². The van der Waals surface area contributed by atoms with Crippen molar-refractivity contribution in [1.29, 1.82) is 0 Å². The van der Waals surface area contributed by atoms with E-state index >= 15 is 0 Å². The highest BCUT2D eigenvalue weighted by Gasteiger charge is 2.70. The van der Waals surface area contributed by atoms with Gasteiger partial charge in [0.1, 0.15) is 17.2 Å². The Bertz CT molecular complexity index is 1880. The maximum absolute atomic E-state index is 14.8. The van der Waals surface area contributed by atoms with E-state index < -0.39 is 40.0 Å². The van der Waals surface area contributed by atoms with E-state index in [-0.39, 0.29) is 17.0 Å². The molecule has 1 spiro atoms. The van der Waals surface area contributed by atoms with Crippen molar-refractivity contribution in [2.24, 2.45) is 5.92 Å². The topological polar surface area (TPSA) is 119 Å². The van der Waals surface area contributed by atoms with Crippen LogP contribution in [0.5, 0.6) is 5.75 Å². The molecule has 0 bridgehead atoms. The minimum atomic E-state index is -1.53. The molecule has 3 aliphatic heterocycles. The molecule has 1 N–H and O–H groups in total. The number of ketones is 2. The molecule has 0 unspecified atom stereocenters. The molecule has 9 heteroatoms. The number of ether oxygens (including phenoxy) is 1. The van der Waals surface area contributed by atoms with Gasteiger partial charge in [0.15, 0.2) is 11.6 Å². The van der Waals surface area contributed by atoms with Crippen LogP contribution >= 0.6 is 0 Å². The molecule has 4 atom stereocenters. The van der Waals surface area contributed by atoms with E-state index in [1.165, 1.54) is 31.4 Å². The molecule has 1 saturated heterocycles. The first-order valence-corrected chi connectivity index (χ1v) is 13.8. The van der Waals surface area contributed by atoms with Crippen LogP contribution < -0.4 is 10.1 Å². The number of nitrogens with one attached hydrogen (secondary N) is 1. The van der Waals surface area contributed by atoms with Crippen molar-refractivity contribution >= 4 is 34.9 Å². The summed E-state index contributed by atoms with van der Waals surface area (Å²) in [6, 6.07) is 25.1. The molecular weight excluding hydrogens is 546 g/mol. The molecule has 0 radical (unpaired) electrons. The number of benzene rings is 4. The van der Waals surface area contributed by atoms with E-state index in [1.807, 2.05) is 47.4 Å². The summed E-state index contributed by atoms with van der Waals surface area (Å²) in [5.74, 6) is -2.07. The quantitative estimate of drug-likeness (QED) is 0.182. The highest BCUT2D eigenvalue weighted by molar-refractivity contribution is 6.16. The fraction of sp³-hybridized carbons (Fsp3) is 0.147. The minimum absolute atomic E-state index is 0.0521. The van der Waals surface area contributed by atoms with Gasteiger partial charge in [-0.05, 0) is 41.0 Å². The third-order valence-corrected chi connectivity index (χ3v) is 8.82. The number of hydrogen-bond donors (Lipinski definition) is 1. The molecule has 0 saturated carbocycles. The first-order chi connectivity index (χ1) is 20.9. The Balaban J connectivity index is 1.53. The van der Waals surface area contributed by atoms with Crippen molar-refractivity contribution in [1.82, 2.24) is 4.90 Å². The Morgan fingerprint density at radius 1 is 0.907 bits per heavy atom. The molecular formula is C34H25N3O6. The Labute approximate surface area is 246 Å². The third-order valence-electron chi connectivity index (χ3n) is 8.82. The SMILES string of the molecule is COc1cccc(C(=O)[C@H]2[C@H](C(=O)c3cccc([N+](=O)[O-])c3)[C@]3(C(=O)Nc4ccccc43)[C@H]3c4ccccc4C=CN23)c1. The zero-order valence-electron chi connectivity index (χ0n) is 23.0. The Kier molecular flexibility index (Phi) is 5.98. The summed E-state index contributed by atoms with van der Waals surface area (Å²) < 4.78 is 5.38. The van der Waals surface area contributed by atoms with Gasteiger partial charge in [-0.2, -0.15) is 0 Å². The lowest BCUT2D eigenvalue weighted by molar-refractivity contribution is -0.384. The van der Waals surface area contributed by atoms with Gasteiger partial charge < -0.3 is 15.0 Å². The van der Waals surface area contributed by atoms with Crippen molar-refractivity contribution in [3.63, 3.8) is 0 Å². The van der Waals surface area contributed by atoms with Crippen LogP contribution in [0.2, 0.25) is 0 Å². The number of amides is 1. The summed E-state index contributed by atoms with van der Waals surface area (Å²) in [4.78, 5) is 56.9. The number of hydrogen-bond acceptors (Lipinski definition) is 7. The van der Waals surface area contributed by atoms with Crippen LogP contribution in [0.4, 0.5) is 11.4 Å². The molecule has 3 aliphatic rings. The summed E-state index contributed by atoms with van der Waals surface area (Å²) in [6.07, 6.45) is 3.66. The van der Waals surface area contributed by atoms with Gasteiger partial charge in [-0.1, -0.05) is 66.7 Å². The number of Topliss-reactive ketones (excluding diaryl/α,β-unsaturated/α-hetero) is 2. The normalized spacial score (nSPS) is 22.9. The average Bonchev–Trinajstić information content (AvgIpc) is 3.52. The molecule has 7 rings (SSSR count). The summed E-state index contributed by atoms with van der Waals surface area (Å²) in [5.41, 5.74) is 1.42. The summed E-state index contributed by atoms with van der Waals surface area (Å²) >= 11 is 0. The van der Waals surface area contributed by atoms with Gasteiger partial charge in [0.25, 0.3) is 5.69 Å². The smallest absolute Gasteiger partial charge is 0.270 e. The number of rotatable bonds is 6. The number of fused-ring (bicyclic) bond motifs is 6. The van der Waals surface area contributed by atoms with Crippen molar-refractivity contribution in [3.8, 4) is 5.75 Å². The zero-order valence-corrected chi connectivity index (χ0v) is 23.0. The van der Waals surface area contributed by atoms with Crippen LogP contribution in [0.25, 0.3) is 6.08 Å². The lowest BCUT2D eigenvalue weighted by atomic mass is 9.62. The average molecular weight is 572 g/mol. The maximum Gasteiger partial charge on any atom is 0.270 e. The lowest BCUT2D eigenvalue weighted by Crippen LogP contribution is -2.49. The molecule has 4 aromatic carbocycles. The van der Waals surface area contributed by atoms with Gasteiger partial charge in [0.2, 0.25) is 5.91 Å². The van der Waals surface area contributed by atoms with Crippen LogP contribution in [0.15, 0.2) is 103 Å². The van der Waals surface area contributed by atoms with E-state index in [1.54, 1.807) is 42.6 Å². The second-order valence-electron chi connectivity index (χ2n) is 10.9. The second kappa shape index (κ2) is 9.77. The molecule has 1 fully saturated rings. The second-order valence-corrected chi connectivity index (χ2v) is 10.9. The van der Waals surface area contributed by atoms with Crippen LogP contribution in [0.1, 0.15) is 43.4 Å². The highest BCUT2D eigenvalue weighted by atomic mass is 16.6. The molecule has 0 aromatic heterocycles.